The Balaban J connectivity index is 1.60. The summed E-state index contributed by atoms with van der Waals surface area (Å²) >= 11 is 11.1. The molecule has 2 aromatic rings. The number of ether oxygens (including phenoxy) is 2. The largest absolute Gasteiger partial charge is 0.459 e. The van der Waals surface area contributed by atoms with Gasteiger partial charge in [0, 0.05) is 11.1 Å². The van der Waals surface area contributed by atoms with E-state index >= 15 is 0 Å². The Morgan fingerprint density at radius 1 is 1.20 bits per heavy atom. The normalized spacial score (nSPS) is 20.6. The lowest BCUT2D eigenvalue weighted by Gasteiger charge is -2.08. The van der Waals surface area contributed by atoms with Gasteiger partial charge in [0.2, 0.25) is 5.88 Å². The lowest BCUT2D eigenvalue weighted by Crippen LogP contribution is -2.11. The minimum absolute atomic E-state index is 0.132. The van der Waals surface area contributed by atoms with E-state index in [1.165, 1.54) is 0 Å². The van der Waals surface area contributed by atoms with E-state index in [2.05, 4.69) is 4.98 Å². The number of esters is 1. The summed E-state index contributed by atoms with van der Waals surface area (Å²) in [5, 5.41) is -0.659. The predicted octanol–water partition coefficient (Wildman–Crippen LogP) is 6.53. The second-order valence-electron chi connectivity index (χ2n) is 7.47. The number of nitrogens with zero attached hydrogens (tertiary/aromatic N) is 1. The molecule has 0 N–H and O–H groups in total. The van der Waals surface area contributed by atoms with E-state index in [0.29, 0.717) is 22.3 Å². The van der Waals surface area contributed by atoms with Crippen LogP contribution in [0.5, 0.6) is 11.6 Å². The number of halogens is 5. The molecule has 1 fully saturated rings. The molecule has 0 amide bonds. The Morgan fingerprint density at radius 3 is 2.50 bits per heavy atom. The van der Waals surface area contributed by atoms with Crippen LogP contribution in [0.4, 0.5) is 13.2 Å². The van der Waals surface area contributed by atoms with Crippen LogP contribution in [-0.2, 0) is 16.1 Å². The minimum Gasteiger partial charge on any atom is -0.459 e. The zero-order valence-electron chi connectivity index (χ0n) is 16.0. The Labute approximate surface area is 181 Å². The molecular formula is C21H18Cl2F3NO3. The first kappa shape index (κ1) is 22.4. The zero-order chi connectivity index (χ0) is 22.1. The van der Waals surface area contributed by atoms with Crippen molar-refractivity contribution in [3.63, 3.8) is 0 Å². The lowest BCUT2D eigenvalue weighted by molar-refractivity contribution is -0.147. The molecule has 160 valence electrons. The van der Waals surface area contributed by atoms with Crippen molar-refractivity contribution in [1.29, 1.82) is 0 Å². The van der Waals surface area contributed by atoms with Gasteiger partial charge in [0.15, 0.2) is 0 Å². The molecule has 4 nitrogen and oxygen atoms in total. The van der Waals surface area contributed by atoms with Gasteiger partial charge in [0.25, 0.3) is 0 Å². The molecule has 3 rings (SSSR count). The molecule has 1 aliphatic carbocycles. The van der Waals surface area contributed by atoms with Crippen LogP contribution >= 0.6 is 23.2 Å². The molecule has 0 spiro atoms. The van der Waals surface area contributed by atoms with Gasteiger partial charge in [-0.25, -0.2) is 4.98 Å². The molecule has 0 aliphatic heterocycles. The van der Waals surface area contributed by atoms with Crippen LogP contribution in [0, 0.1) is 17.3 Å². The van der Waals surface area contributed by atoms with Crippen LogP contribution in [0.3, 0.4) is 0 Å². The summed E-state index contributed by atoms with van der Waals surface area (Å²) in [4.78, 5) is 16.7. The van der Waals surface area contributed by atoms with Gasteiger partial charge in [-0.15, -0.1) is 0 Å². The Kier molecular flexibility index (Phi) is 6.34. The van der Waals surface area contributed by atoms with Crippen LogP contribution in [0.25, 0.3) is 0 Å². The third kappa shape index (κ3) is 5.26. The van der Waals surface area contributed by atoms with E-state index in [4.69, 9.17) is 32.7 Å². The molecular weight excluding hydrogens is 442 g/mol. The highest BCUT2D eigenvalue weighted by Gasteiger charge is 2.62. The standard InChI is InChI=1S/C21H18Cl2F3NO3/c1-20(2)15(10-16(23)21(24,25)26)18(20)19(28)29-11-13-4-3-5-17(27-13)30-14-8-6-12(22)7-9-14/h3-10,15,18H,11H2,1-2H3/b16-10-/t15-,18-/m1/s1. The smallest absolute Gasteiger partial charge is 0.426 e. The maximum absolute atomic E-state index is 12.7. The van der Waals surface area contributed by atoms with Gasteiger partial charge in [0.1, 0.15) is 17.4 Å². The van der Waals surface area contributed by atoms with E-state index in [1.54, 1.807) is 56.3 Å². The molecule has 0 saturated heterocycles. The van der Waals surface area contributed by atoms with Gasteiger partial charge in [-0.05, 0) is 41.7 Å². The number of rotatable bonds is 6. The summed E-state index contributed by atoms with van der Waals surface area (Å²) < 4.78 is 48.9. The van der Waals surface area contributed by atoms with Crippen molar-refractivity contribution in [2.75, 3.05) is 0 Å². The molecule has 1 aliphatic rings. The summed E-state index contributed by atoms with van der Waals surface area (Å²) in [6.45, 7) is 3.26. The summed E-state index contributed by atoms with van der Waals surface area (Å²) in [5.41, 5.74) is -0.233. The number of aromatic nitrogens is 1. The molecule has 1 aromatic heterocycles. The van der Waals surface area contributed by atoms with Crippen molar-refractivity contribution >= 4 is 29.2 Å². The number of alkyl halides is 3. The van der Waals surface area contributed by atoms with Gasteiger partial charge in [-0.3, -0.25) is 4.79 Å². The second kappa shape index (κ2) is 8.47. The number of benzene rings is 1. The predicted molar refractivity (Wildman–Crippen MR) is 106 cm³/mol. The summed E-state index contributed by atoms with van der Waals surface area (Å²) in [7, 11) is 0. The molecule has 1 aromatic carbocycles. The van der Waals surface area contributed by atoms with Gasteiger partial charge in [-0.1, -0.05) is 49.2 Å². The van der Waals surface area contributed by atoms with Gasteiger partial charge in [0.05, 0.1) is 11.6 Å². The first-order chi connectivity index (χ1) is 14.0. The monoisotopic (exact) mass is 459 g/mol. The number of hydrogen-bond acceptors (Lipinski definition) is 4. The SMILES string of the molecule is CC1(C)[C@H](/C=C(\Cl)C(F)(F)F)[C@@H]1C(=O)OCc1cccc(Oc2ccc(Cl)cc2)n1. The number of pyridine rings is 1. The zero-order valence-corrected chi connectivity index (χ0v) is 17.6. The van der Waals surface area contributed by atoms with Gasteiger partial charge < -0.3 is 9.47 Å². The summed E-state index contributed by atoms with van der Waals surface area (Å²) in [6.07, 6.45) is -3.75. The van der Waals surface area contributed by atoms with Crippen LogP contribution in [0.2, 0.25) is 5.02 Å². The Morgan fingerprint density at radius 2 is 1.87 bits per heavy atom. The van der Waals surface area contributed by atoms with Crippen molar-refractivity contribution < 1.29 is 27.4 Å². The van der Waals surface area contributed by atoms with E-state index in [9.17, 15) is 18.0 Å². The number of allylic oxidation sites excluding steroid dienone is 2. The molecule has 9 heteroatoms. The maximum Gasteiger partial charge on any atom is 0.426 e. The summed E-state index contributed by atoms with van der Waals surface area (Å²) in [6, 6.07) is 11.7. The molecule has 1 heterocycles. The fraction of sp³-hybridized carbons (Fsp3) is 0.333. The van der Waals surface area contributed by atoms with Crippen molar-refractivity contribution in [3.8, 4) is 11.6 Å². The molecule has 2 atom stereocenters. The fourth-order valence-electron chi connectivity index (χ4n) is 3.14. The third-order valence-corrected chi connectivity index (χ3v) is 5.53. The first-order valence-electron chi connectivity index (χ1n) is 8.99. The van der Waals surface area contributed by atoms with Crippen molar-refractivity contribution in [1.82, 2.24) is 4.98 Å². The highest BCUT2D eigenvalue weighted by Crippen LogP contribution is 2.60. The summed E-state index contributed by atoms with van der Waals surface area (Å²) in [5.74, 6) is -1.11. The average Bonchev–Trinajstić information content (AvgIpc) is 3.21. The van der Waals surface area contributed by atoms with Gasteiger partial charge in [-0.2, -0.15) is 13.2 Å². The van der Waals surface area contributed by atoms with Crippen molar-refractivity contribution in [2.45, 2.75) is 26.6 Å². The number of carbonyl (C=O) groups is 1. The Bertz CT molecular complexity index is 959. The minimum atomic E-state index is -4.64. The third-order valence-electron chi connectivity index (χ3n) is 4.94. The fourth-order valence-corrected chi connectivity index (χ4v) is 3.41. The van der Waals surface area contributed by atoms with E-state index in [1.807, 2.05) is 0 Å². The molecule has 0 radical (unpaired) electrons. The van der Waals surface area contributed by atoms with Crippen LogP contribution in [0.15, 0.2) is 53.6 Å². The lowest BCUT2D eigenvalue weighted by atomic mass is 10.1. The second-order valence-corrected chi connectivity index (χ2v) is 8.31. The average molecular weight is 460 g/mol. The number of hydrogen-bond donors (Lipinski definition) is 0. The first-order valence-corrected chi connectivity index (χ1v) is 9.74. The van der Waals surface area contributed by atoms with Gasteiger partial charge >= 0.3 is 12.1 Å². The van der Waals surface area contributed by atoms with E-state index in [0.717, 1.165) is 6.08 Å². The molecule has 1 saturated carbocycles. The molecule has 30 heavy (non-hydrogen) atoms. The van der Waals surface area contributed by atoms with Crippen LogP contribution < -0.4 is 4.74 Å². The molecule has 0 unspecified atom stereocenters. The number of carbonyl (C=O) groups excluding carboxylic acids is 1. The quantitative estimate of drug-likeness (QED) is 0.460. The molecule has 0 bridgehead atoms. The van der Waals surface area contributed by atoms with Crippen LogP contribution in [0.1, 0.15) is 19.5 Å². The topological polar surface area (TPSA) is 48.4 Å². The van der Waals surface area contributed by atoms with Crippen molar-refractivity contribution in [3.05, 3.63) is 64.3 Å². The van der Waals surface area contributed by atoms with E-state index in [-0.39, 0.29) is 6.61 Å². The highest BCUT2D eigenvalue weighted by molar-refractivity contribution is 6.30. The van der Waals surface area contributed by atoms with Crippen molar-refractivity contribution in [2.24, 2.45) is 17.3 Å². The van der Waals surface area contributed by atoms with E-state index < -0.39 is 34.4 Å². The van der Waals surface area contributed by atoms with Crippen LogP contribution in [-0.4, -0.2) is 17.1 Å². The highest BCUT2D eigenvalue weighted by atomic mass is 35.5. The maximum atomic E-state index is 12.7. The Hall–Kier alpha value is -2.25.